The molecule has 0 bridgehead atoms. The van der Waals surface area contributed by atoms with Gasteiger partial charge in [0.05, 0.1) is 26.1 Å². The summed E-state index contributed by atoms with van der Waals surface area (Å²) in [7, 11) is -1.39. The van der Waals surface area contributed by atoms with E-state index in [2.05, 4.69) is 45.0 Å². The van der Waals surface area contributed by atoms with Crippen molar-refractivity contribution in [2.45, 2.75) is 45.3 Å². The van der Waals surface area contributed by atoms with E-state index in [0.717, 1.165) is 10.4 Å². The van der Waals surface area contributed by atoms with Crippen LogP contribution in [0.4, 0.5) is 0 Å². The number of esters is 2. The average molecular weight is 441 g/mol. The molecule has 3 rings (SSSR count). The summed E-state index contributed by atoms with van der Waals surface area (Å²) < 4.78 is 17.4. The molecule has 0 amide bonds. The molecule has 0 aromatic heterocycles. The quantitative estimate of drug-likeness (QED) is 0.488. The fraction of sp³-hybridized carbons (Fsp3) is 0.440. The molecule has 1 aliphatic rings. The zero-order valence-electron chi connectivity index (χ0n) is 19.0. The SMILES string of the molecule is COC(=O)C[C@@H]1[C@H](CO[Si](c2ccccc2)(c2ccccc2)C(C)(C)C)OC(=O)[C@H]1C. The molecule has 1 saturated heterocycles. The summed E-state index contributed by atoms with van der Waals surface area (Å²) in [6.45, 7) is 8.65. The van der Waals surface area contributed by atoms with Crippen LogP contribution >= 0.6 is 0 Å². The first-order chi connectivity index (χ1) is 14.7. The highest BCUT2D eigenvalue weighted by atomic mass is 28.4. The van der Waals surface area contributed by atoms with Crippen molar-refractivity contribution in [1.82, 2.24) is 0 Å². The monoisotopic (exact) mass is 440 g/mol. The van der Waals surface area contributed by atoms with Gasteiger partial charge in [0.2, 0.25) is 0 Å². The van der Waals surface area contributed by atoms with Crippen LogP contribution in [-0.2, 0) is 23.5 Å². The van der Waals surface area contributed by atoms with Crippen LogP contribution in [0.5, 0.6) is 0 Å². The van der Waals surface area contributed by atoms with Crippen molar-refractivity contribution in [3.8, 4) is 0 Å². The van der Waals surface area contributed by atoms with E-state index in [-0.39, 0.29) is 41.8 Å². The predicted molar refractivity (Wildman–Crippen MR) is 123 cm³/mol. The average Bonchev–Trinajstić information content (AvgIpc) is 3.02. The Bertz CT molecular complexity index is 852. The molecule has 6 heteroatoms. The van der Waals surface area contributed by atoms with Gasteiger partial charge in [0.15, 0.2) is 0 Å². The van der Waals surface area contributed by atoms with Crippen molar-refractivity contribution in [3.63, 3.8) is 0 Å². The number of benzene rings is 2. The molecule has 0 unspecified atom stereocenters. The van der Waals surface area contributed by atoms with Crippen molar-refractivity contribution in [3.05, 3.63) is 60.7 Å². The Morgan fingerprint density at radius 1 is 1.00 bits per heavy atom. The molecule has 5 nitrogen and oxygen atoms in total. The first-order valence-electron chi connectivity index (χ1n) is 10.7. The van der Waals surface area contributed by atoms with E-state index < -0.39 is 14.4 Å². The molecule has 1 fully saturated rings. The number of methoxy groups -OCH3 is 1. The second kappa shape index (κ2) is 9.36. The van der Waals surface area contributed by atoms with E-state index >= 15 is 0 Å². The van der Waals surface area contributed by atoms with Gasteiger partial charge in [-0.1, -0.05) is 88.4 Å². The Labute approximate surface area is 185 Å². The van der Waals surface area contributed by atoms with E-state index in [4.69, 9.17) is 13.9 Å². The smallest absolute Gasteiger partial charge is 0.309 e. The third-order valence-electron chi connectivity index (χ3n) is 6.27. The highest BCUT2D eigenvalue weighted by Crippen LogP contribution is 2.38. The van der Waals surface area contributed by atoms with Gasteiger partial charge >= 0.3 is 11.9 Å². The van der Waals surface area contributed by atoms with E-state index in [9.17, 15) is 9.59 Å². The largest absolute Gasteiger partial charge is 0.469 e. The first-order valence-corrected chi connectivity index (χ1v) is 12.6. The Kier molecular flexibility index (Phi) is 7.02. The minimum atomic E-state index is -2.75. The lowest BCUT2D eigenvalue weighted by Gasteiger charge is -2.43. The van der Waals surface area contributed by atoms with Gasteiger partial charge < -0.3 is 13.9 Å². The Balaban J connectivity index is 2.00. The van der Waals surface area contributed by atoms with Gasteiger partial charge in [0.25, 0.3) is 8.32 Å². The van der Waals surface area contributed by atoms with Gasteiger partial charge in [-0.25, -0.2) is 0 Å². The highest BCUT2D eigenvalue weighted by molar-refractivity contribution is 6.99. The van der Waals surface area contributed by atoms with Crippen LogP contribution in [0.1, 0.15) is 34.1 Å². The van der Waals surface area contributed by atoms with Crippen molar-refractivity contribution >= 4 is 30.6 Å². The number of cyclic esters (lactones) is 1. The molecule has 1 aliphatic heterocycles. The van der Waals surface area contributed by atoms with Crippen LogP contribution < -0.4 is 10.4 Å². The molecule has 166 valence electrons. The molecule has 1 heterocycles. The minimum Gasteiger partial charge on any atom is -0.469 e. The summed E-state index contributed by atoms with van der Waals surface area (Å²) >= 11 is 0. The summed E-state index contributed by atoms with van der Waals surface area (Å²) in [4.78, 5) is 24.3. The Morgan fingerprint density at radius 3 is 1.97 bits per heavy atom. The van der Waals surface area contributed by atoms with E-state index in [1.165, 1.54) is 7.11 Å². The molecule has 3 atom stereocenters. The fourth-order valence-corrected chi connectivity index (χ4v) is 9.12. The summed E-state index contributed by atoms with van der Waals surface area (Å²) in [5, 5.41) is 2.15. The maximum absolute atomic E-state index is 12.3. The van der Waals surface area contributed by atoms with Crippen molar-refractivity contribution in [1.29, 1.82) is 0 Å². The first kappa shape index (κ1) is 23.2. The third-order valence-corrected chi connectivity index (χ3v) is 11.3. The second-order valence-corrected chi connectivity index (χ2v) is 13.5. The number of hydrogen-bond donors (Lipinski definition) is 0. The van der Waals surface area contributed by atoms with Crippen LogP contribution in [0, 0.1) is 11.8 Å². The van der Waals surface area contributed by atoms with Gasteiger partial charge in [-0.3, -0.25) is 9.59 Å². The number of carbonyl (C=O) groups excluding carboxylic acids is 2. The molecular formula is C25H32O5Si. The minimum absolute atomic E-state index is 0.137. The summed E-state index contributed by atoms with van der Waals surface area (Å²) in [6, 6.07) is 20.6. The number of hydrogen-bond acceptors (Lipinski definition) is 5. The molecule has 31 heavy (non-hydrogen) atoms. The molecule has 0 spiro atoms. The molecule has 0 saturated carbocycles. The summed E-state index contributed by atoms with van der Waals surface area (Å²) in [6.07, 6.45) is -0.346. The van der Waals surface area contributed by atoms with Gasteiger partial charge in [0, 0.05) is 5.92 Å². The van der Waals surface area contributed by atoms with Crippen molar-refractivity contribution in [2.75, 3.05) is 13.7 Å². The van der Waals surface area contributed by atoms with Gasteiger partial charge in [0.1, 0.15) is 6.10 Å². The van der Waals surface area contributed by atoms with Gasteiger partial charge in [-0.15, -0.1) is 0 Å². The molecule has 2 aromatic carbocycles. The standard InChI is InChI=1S/C25H32O5Si/c1-18-21(16-23(26)28-5)22(30-24(18)27)17-29-31(25(2,3)4,19-12-8-6-9-13-19)20-14-10-7-11-15-20/h6-15,18,21-22H,16-17H2,1-5H3/t18-,21-,22-/m0/s1. The van der Waals surface area contributed by atoms with Crippen LogP contribution in [0.3, 0.4) is 0 Å². The van der Waals surface area contributed by atoms with Crippen LogP contribution in [0.2, 0.25) is 5.04 Å². The van der Waals surface area contributed by atoms with Crippen LogP contribution in [0.25, 0.3) is 0 Å². The third kappa shape index (κ3) is 4.60. The number of carbonyl (C=O) groups is 2. The lowest BCUT2D eigenvalue weighted by Crippen LogP contribution is -2.67. The van der Waals surface area contributed by atoms with E-state index in [1.54, 1.807) is 6.92 Å². The van der Waals surface area contributed by atoms with Crippen LogP contribution in [-0.4, -0.2) is 40.1 Å². The van der Waals surface area contributed by atoms with E-state index in [1.807, 2.05) is 36.4 Å². The molecule has 0 aliphatic carbocycles. The molecule has 2 aromatic rings. The second-order valence-electron chi connectivity index (χ2n) is 9.18. The topological polar surface area (TPSA) is 61.8 Å². The van der Waals surface area contributed by atoms with Gasteiger partial charge in [-0.05, 0) is 15.4 Å². The summed E-state index contributed by atoms with van der Waals surface area (Å²) in [5.41, 5.74) is 0. The lowest BCUT2D eigenvalue weighted by molar-refractivity contribution is -0.145. The van der Waals surface area contributed by atoms with Gasteiger partial charge in [-0.2, -0.15) is 0 Å². The van der Waals surface area contributed by atoms with Crippen molar-refractivity contribution in [2.24, 2.45) is 11.8 Å². The normalized spacial score (nSPS) is 21.6. The molecular weight excluding hydrogens is 408 g/mol. The summed E-state index contributed by atoms with van der Waals surface area (Å²) in [5.74, 6) is -1.26. The highest BCUT2D eigenvalue weighted by Gasteiger charge is 2.52. The fourth-order valence-electron chi connectivity index (χ4n) is 4.55. The number of ether oxygens (including phenoxy) is 2. The lowest BCUT2D eigenvalue weighted by atomic mass is 9.89. The molecule has 0 N–H and O–H groups in total. The Morgan fingerprint density at radius 2 is 1.52 bits per heavy atom. The zero-order valence-corrected chi connectivity index (χ0v) is 20.0. The van der Waals surface area contributed by atoms with E-state index in [0.29, 0.717) is 0 Å². The zero-order chi connectivity index (χ0) is 22.6. The Hall–Kier alpha value is -2.44. The molecule has 0 radical (unpaired) electrons. The maximum atomic E-state index is 12.3. The van der Waals surface area contributed by atoms with Crippen molar-refractivity contribution < 1.29 is 23.5 Å². The van der Waals surface area contributed by atoms with Crippen LogP contribution in [0.15, 0.2) is 60.7 Å². The predicted octanol–water partition coefficient (Wildman–Crippen LogP) is 3.30. The number of rotatable bonds is 7. The maximum Gasteiger partial charge on any atom is 0.309 e.